The van der Waals surface area contributed by atoms with Gasteiger partial charge in [-0.05, 0) is 32.1 Å². The zero-order valence-corrected chi connectivity index (χ0v) is 11.9. The van der Waals surface area contributed by atoms with Crippen LogP contribution >= 0.6 is 11.3 Å². The van der Waals surface area contributed by atoms with Crippen LogP contribution in [0.3, 0.4) is 0 Å². The average Bonchev–Trinajstić information content (AvgIpc) is 3.01. The highest BCUT2D eigenvalue weighted by atomic mass is 32.1. The molecule has 18 heavy (non-hydrogen) atoms. The van der Waals surface area contributed by atoms with E-state index in [2.05, 4.69) is 11.9 Å². The fraction of sp³-hybridized carbons (Fsp3) is 0.692. The fourth-order valence-electron chi connectivity index (χ4n) is 1.91. The predicted molar refractivity (Wildman–Crippen MR) is 73.6 cm³/mol. The summed E-state index contributed by atoms with van der Waals surface area (Å²) in [4.78, 5) is 18.6. The number of hydrogen-bond acceptors (Lipinski definition) is 4. The third kappa shape index (κ3) is 3.29. The summed E-state index contributed by atoms with van der Waals surface area (Å²) in [5, 5.41) is 2.66. The van der Waals surface area contributed by atoms with Gasteiger partial charge in [0.15, 0.2) is 0 Å². The van der Waals surface area contributed by atoms with Crippen molar-refractivity contribution in [3.63, 3.8) is 0 Å². The first-order chi connectivity index (χ1) is 8.61. The average molecular weight is 267 g/mol. The van der Waals surface area contributed by atoms with Gasteiger partial charge in [-0.2, -0.15) is 0 Å². The summed E-state index contributed by atoms with van der Waals surface area (Å²) in [6.45, 7) is 5.70. The van der Waals surface area contributed by atoms with E-state index in [9.17, 15) is 4.79 Å². The number of nitrogens with two attached hydrogens (primary N) is 1. The normalized spacial score (nSPS) is 16.6. The number of aromatic nitrogens is 1. The number of carbonyl (C=O) groups is 1. The first kappa shape index (κ1) is 13.5. The molecule has 0 radical (unpaired) electrons. The van der Waals surface area contributed by atoms with Crippen LogP contribution < -0.4 is 5.73 Å². The molecule has 2 N–H and O–H groups in total. The minimum absolute atomic E-state index is 0.0619. The zero-order chi connectivity index (χ0) is 13.1. The van der Waals surface area contributed by atoms with E-state index in [1.165, 1.54) is 24.2 Å². The Morgan fingerprint density at radius 1 is 1.67 bits per heavy atom. The van der Waals surface area contributed by atoms with Gasteiger partial charge in [0.2, 0.25) is 0 Å². The quantitative estimate of drug-likeness (QED) is 0.861. The van der Waals surface area contributed by atoms with E-state index in [1.807, 2.05) is 17.2 Å². The molecule has 0 saturated heterocycles. The van der Waals surface area contributed by atoms with Crippen LogP contribution in [0.25, 0.3) is 0 Å². The molecule has 1 fully saturated rings. The number of thiazole rings is 1. The van der Waals surface area contributed by atoms with Crippen molar-refractivity contribution >= 4 is 17.2 Å². The molecule has 1 atom stereocenters. The second-order valence-corrected chi connectivity index (χ2v) is 5.94. The van der Waals surface area contributed by atoms with E-state index in [0.29, 0.717) is 11.6 Å². The lowest BCUT2D eigenvalue weighted by atomic mass is 10.3. The molecule has 0 aromatic carbocycles. The van der Waals surface area contributed by atoms with Crippen molar-refractivity contribution < 1.29 is 4.79 Å². The Morgan fingerprint density at radius 3 is 2.89 bits per heavy atom. The van der Waals surface area contributed by atoms with Crippen LogP contribution in [0.1, 0.15) is 54.6 Å². The Balaban J connectivity index is 2.05. The minimum atomic E-state index is -0.0976. The van der Waals surface area contributed by atoms with Gasteiger partial charge in [-0.25, -0.2) is 4.98 Å². The summed E-state index contributed by atoms with van der Waals surface area (Å²) in [7, 11) is 0. The van der Waals surface area contributed by atoms with Gasteiger partial charge in [-0.1, -0.05) is 6.92 Å². The molecule has 0 aliphatic heterocycles. The van der Waals surface area contributed by atoms with E-state index in [-0.39, 0.29) is 11.9 Å². The predicted octanol–water partition coefficient (Wildman–Crippen LogP) is 2.42. The van der Waals surface area contributed by atoms with Crippen LogP contribution in [-0.4, -0.2) is 28.9 Å². The molecule has 0 bridgehead atoms. The van der Waals surface area contributed by atoms with Gasteiger partial charge in [0.1, 0.15) is 10.7 Å². The number of amides is 1. The third-order valence-electron chi connectivity index (χ3n) is 3.09. The molecule has 1 saturated carbocycles. The fourth-order valence-corrected chi connectivity index (χ4v) is 2.67. The molecule has 1 heterocycles. The Bertz CT molecular complexity index is 412. The third-order valence-corrected chi connectivity index (χ3v) is 4.13. The lowest BCUT2D eigenvalue weighted by Crippen LogP contribution is -2.33. The molecule has 2 rings (SSSR count). The van der Waals surface area contributed by atoms with Gasteiger partial charge in [0.05, 0.1) is 6.04 Å². The van der Waals surface area contributed by atoms with Gasteiger partial charge in [-0.15, -0.1) is 11.3 Å². The topological polar surface area (TPSA) is 59.2 Å². The number of hydrogen-bond donors (Lipinski definition) is 1. The molecular formula is C13H21N3OS. The van der Waals surface area contributed by atoms with Gasteiger partial charge in [-0.3, -0.25) is 4.79 Å². The molecule has 1 aromatic rings. The van der Waals surface area contributed by atoms with Crippen LogP contribution in [0.4, 0.5) is 0 Å². The van der Waals surface area contributed by atoms with E-state index >= 15 is 0 Å². The van der Waals surface area contributed by atoms with E-state index in [4.69, 9.17) is 5.73 Å². The zero-order valence-electron chi connectivity index (χ0n) is 11.1. The van der Waals surface area contributed by atoms with Gasteiger partial charge < -0.3 is 10.6 Å². The largest absolute Gasteiger partial charge is 0.337 e. The maximum atomic E-state index is 12.4. The first-order valence-corrected chi connectivity index (χ1v) is 7.50. The summed E-state index contributed by atoms with van der Waals surface area (Å²) < 4.78 is 0. The van der Waals surface area contributed by atoms with Crippen LogP contribution in [0.15, 0.2) is 5.38 Å². The maximum absolute atomic E-state index is 12.4. The van der Waals surface area contributed by atoms with Crippen molar-refractivity contribution in [3.05, 3.63) is 16.1 Å². The Labute approximate surface area is 112 Å². The highest BCUT2D eigenvalue weighted by Crippen LogP contribution is 2.30. The molecule has 100 valence electrons. The van der Waals surface area contributed by atoms with E-state index < -0.39 is 0 Å². The minimum Gasteiger partial charge on any atom is -0.337 e. The monoisotopic (exact) mass is 267 g/mol. The SMILES string of the molecule is CCCN(CC1CC1)C(=O)c1csc(C(C)N)n1. The molecule has 4 nitrogen and oxygen atoms in total. The van der Waals surface area contributed by atoms with Crippen LogP contribution in [0.2, 0.25) is 0 Å². The van der Waals surface area contributed by atoms with Crippen molar-refractivity contribution in [1.29, 1.82) is 0 Å². The smallest absolute Gasteiger partial charge is 0.273 e. The van der Waals surface area contributed by atoms with Gasteiger partial charge in [0, 0.05) is 18.5 Å². The first-order valence-electron chi connectivity index (χ1n) is 6.62. The summed E-state index contributed by atoms with van der Waals surface area (Å²) in [6.07, 6.45) is 3.51. The number of nitrogens with zero attached hydrogens (tertiary/aromatic N) is 2. The van der Waals surface area contributed by atoms with Crippen LogP contribution in [0, 0.1) is 5.92 Å². The Hall–Kier alpha value is -0.940. The second-order valence-electron chi connectivity index (χ2n) is 5.05. The van der Waals surface area contributed by atoms with Crippen LogP contribution in [0.5, 0.6) is 0 Å². The number of carbonyl (C=O) groups excluding carboxylic acids is 1. The second kappa shape index (κ2) is 5.80. The van der Waals surface area contributed by atoms with Gasteiger partial charge >= 0.3 is 0 Å². The molecule has 1 amide bonds. The molecule has 1 aromatic heterocycles. The molecule has 1 aliphatic rings. The Morgan fingerprint density at radius 2 is 2.39 bits per heavy atom. The lowest BCUT2D eigenvalue weighted by Gasteiger charge is -2.20. The molecule has 1 unspecified atom stereocenters. The van der Waals surface area contributed by atoms with Crippen molar-refractivity contribution in [2.24, 2.45) is 11.7 Å². The summed E-state index contributed by atoms with van der Waals surface area (Å²) in [6, 6.07) is -0.0976. The van der Waals surface area contributed by atoms with Crippen LogP contribution in [-0.2, 0) is 0 Å². The highest BCUT2D eigenvalue weighted by Gasteiger charge is 2.27. The summed E-state index contributed by atoms with van der Waals surface area (Å²) in [5.41, 5.74) is 6.33. The molecule has 0 spiro atoms. The number of rotatable bonds is 6. The molecule has 1 aliphatic carbocycles. The van der Waals surface area contributed by atoms with Crippen molar-refractivity contribution in [2.45, 2.75) is 39.2 Å². The standard InChI is InChI=1S/C13H21N3OS/c1-3-6-16(7-10-4-5-10)13(17)11-8-18-12(15-11)9(2)14/h8-10H,3-7,14H2,1-2H3. The van der Waals surface area contributed by atoms with E-state index in [0.717, 1.165) is 24.5 Å². The van der Waals surface area contributed by atoms with Crippen molar-refractivity contribution in [2.75, 3.05) is 13.1 Å². The highest BCUT2D eigenvalue weighted by molar-refractivity contribution is 7.09. The maximum Gasteiger partial charge on any atom is 0.273 e. The van der Waals surface area contributed by atoms with Gasteiger partial charge in [0.25, 0.3) is 5.91 Å². The van der Waals surface area contributed by atoms with Crippen molar-refractivity contribution in [1.82, 2.24) is 9.88 Å². The lowest BCUT2D eigenvalue weighted by molar-refractivity contribution is 0.0742. The van der Waals surface area contributed by atoms with Crippen molar-refractivity contribution in [3.8, 4) is 0 Å². The molecular weight excluding hydrogens is 246 g/mol. The molecule has 5 heteroatoms. The Kier molecular flexibility index (Phi) is 4.35. The summed E-state index contributed by atoms with van der Waals surface area (Å²) in [5.74, 6) is 0.777. The van der Waals surface area contributed by atoms with E-state index in [1.54, 1.807) is 0 Å². The summed E-state index contributed by atoms with van der Waals surface area (Å²) >= 11 is 1.47.